The monoisotopic (exact) mass is 503 g/mol. The second kappa shape index (κ2) is 8.02. The lowest BCUT2D eigenvalue weighted by Gasteiger charge is -2.28. The summed E-state index contributed by atoms with van der Waals surface area (Å²) < 4.78 is 34.1. The highest BCUT2D eigenvalue weighted by Crippen LogP contribution is 2.35. The maximum absolute atomic E-state index is 13.4. The predicted octanol–water partition coefficient (Wildman–Crippen LogP) is 4.28. The van der Waals surface area contributed by atoms with Crippen LogP contribution in [0.2, 0.25) is 5.15 Å². The summed E-state index contributed by atoms with van der Waals surface area (Å²) >= 11 is 9.56. The number of hydrogen-bond acceptors (Lipinski definition) is 5. The molecule has 0 unspecified atom stereocenters. The second-order valence-corrected chi connectivity index (χ2v) is 11.1. The van der Waals surface area contributed by atoms with Crippen LogP contribution < -0.4 is 0 Å². The smallest absolute Gasteiger partial charge is 0.410 e. The highest BCUT2D eigenvalue weighted by Gasteiger charge is 2.37. The molecule has 29 heavy (non-hydrogen) atoms. The number of aromatic nitrogens is 1. The molecule has 2 aromatic rings. The number of fused-ring (bicyclic) bond motifs is 1. The molecular weight excluding hydrogens is 482 g/mol. The van der Waals surface area contributed by atoms with E-state index in [1.807, 2.05) is 0 Å². The molecule has 1 aliphatic rings. The molecule has 0 N–H and O–H groups in total. The lowest BCUT2D eigenvalue weighted by atomic mass is 10.2. The van der Waals surface area contributed by atoms with Gasteiger partial charge in [-0.1, -0.05) is 23.7 Å². The number of benzene rings is 1. The quantitative estimate of drug-likeness (QED) is 0.583. The largest absolute Gasteiger partial charge is 0.444 e. The summed E-state index contributed by atoms with van der Waals surface area (Å²) in [6, 6.07) is 4.68. The summed E-state index contributed by atoms with van der Waals surface area (Å²) in [4.78, 5) is 18.0. The number of carbonyl (C=O) groups is 1. The molecule has 10 heteroatoms. The van der Waals surface area contributed by atoms with Crippen molar-refractivity contribution in [2.45, 2.75) is 43.7 Å². The van der Waals surface area contributed by atoms with Crippen LogP contribution in [0.15, 0.2) is 33.8 Å². The Bertz CT molecular complexity index is 1060. The van der Waals surface area contributed by atoms with Crippen LogP contribution in [0.3, 0.4) is 0 Å². The van der Waals surface area contributed by atoms with E-state index in [1.54, 1.807) is 46.0 Å². The fourth-order valence-electron chi connectivity index (χ4n) is 3.28. The SMILES string of the molecule is CN(C(=O)OC(C)(C)C)[C@H]1CCN(S(=O)(=O)c2cccc3c(Cl)ncc(Br)c23)C1. The lowest BCUT2D eigenvalue weighted by molar-refractivity contribution is 0.0232. The number of sulfonamides is 1. The zero-order valence-corrected chi connectivity index (χ0v) is 19.8. The van der Waals surface area contributed by atoms with Gasteiger partial charge in [0, 0.05) is 47.6 Å². The maximum atomic E-state index is 13.4. The topological polar surface area (TPSA) is 79.8 Å². The Morgan fingerprint density at radius 1 is 1.38 bits per heavy atom. The van der Waals surface area contributed by atoms with E-state index in [2.05, 4.69) is 20.9 Å². The molecule has 3 rings (SSSR count). The highest BCUT2D eigenvalue weighted by atomic mass is 79.9. The van der Waals surface area contributed by atoms with Crippen molar-refractivity contribution >= 4 is 54.4 Å². The Morgan fingerprint density at radius 3 is 2.72 bits per heavy atom. The molecular formula is C19H23BrClN3O4S. The zero-order valence-electron chi connectivity index (χ0n) is 16.6. The Morgan fingerprint density at radius 2 is 2.07 bits per heavy atom. The number of pyridine rings is 1. The molecule has 1 aliphatic heterocycles. The number of halogens is 2. The molecule has 0 spiro atoms. The molecule has 0 radical (unpaired) electrons. The fourth-order valence-corrected chi connectivity index (χ4v) is 5.87. The number of hydrogen-bond donors (Lipinski definition) is 0. The van der Waals surface area contributed by atoms with E-state index in [0.717, 1.165) is 0 Å². The first kappa shape index (κ1) is 22.3. The minimum absolute atomic E-state index is 0.159. The van der Waals surface area contributed by atoms with Crippen LogP contribution >= 0.6 is 27.5 Å². The molecule has 1 fully saturated rings. The first-order chi connectivity index (χ1) is 13.4. The molecule has 0 bridgehead atoms. The molecule has 2 heterocycles. The Hall–Kier alpha value is -1.42. The first-order valence-electron chi connectivity index (χ1n) is 9.10. The summed E-state index contributed by atoms with van der Waals surface area (Å²) in [5, 5.41) is 1.30. The van der Waals surface area contributed by atoms with Gasteiger partial charge >= 0.3 is 6.09 Å². The van der Waals surface area contributed by atoms with Crippen LogP contribution in [0.4, 0.5) is 4.79 Å². The van der Waals surface area contributed by atoms with E-state index in [9.17, 15) is 13.2 Å². The molecule has 1 amide bonds. The molecule has 0 aliphatic carbocycles. The van der Waals surface area contributed by atoms with Gasteiger partial charge in [0.05, 0.1) is 4.90 Å². The lowest BCUT2D eigenvalue weighted by Crippen LogP contribution is -2.42. The maximum Gasteiger partial charge on any atom is 0.410 e. The summed E-state index contributed by atoms with van der Waals surface area (Å²) in [5.74, 6) is 0. The molecule has 158 valence electrons. The first-order valence-corrected chi connectivity index (χ1v) is 11.7. The van der Waals surface area contributed by atoms with Crippen molar-refractivity contribution in [3.05, 3.63) is 34.0 Å². The van der Waals surface area contributed by atoms with E-state index in [-0.39, 0.29) is 22.6 Å². The second-order valence-electron chi connectivity index (χ2n) is 7.97. The highest BCUT2D eigenvalue weighted by molar-refractivity contribution is 9.10. The number of nitrogens with zero attached hydrogens (tertiary/aromatic N) is 3. The minimum atomic E-state index is -3.79. The van der Waals surface area contributed by atoms with Gasteiger partial charge in [0.15, 0.2) is 0 Å². The summed E-state index contributed by atoms with van der Waals surface area (Å²) in [7, 11) is -2.16. The molecule has 1 saturated heterocycles. The number of ether oxygens (including phenoxy) is 1. The Kier molecular flexibility index (Phi) is 6.16. The van der Waals surface area contributed by atoms with Gasteiger partial charge < -0.3 is 9.64 Å². The van der Waals surface area contributed by atoms with Crippen molar-refractivity contribution in [2.75, 3.05) is 20.1 Å². The van der Waals surface area contributed by atoms with E-state index in [4.69, 9.17) is 16.3 Å². The van der Waals surface area contributed by atoms with E-state index >= 15 is 0 Å². The number of carbonyl (C=O) groups excluding carboxylic acids is 1. The molecule has 1 atom stereocenters. The average molecular weight is 505 g/mol. The van der Waals surface area contributed by atoms with Crippen molar-refractivity contribution in [1.29, 1.82) is 0 Å². The third kappa shape index (κ3) is 4.52. The number of rotatable bonds is 3. The number of likely N-dealkylation sites (N-methyl/N-ethyl adjacent to an activating group) is 1. The molecule has 1 aromatic carbocycles. The Labute approximate surface area is 184 Å². The van der Waals surface area contributed by atoms with Gasteiger partial charge in [0.2, 0.25) is 10.0 Å². The van der Waals surface area contributed by atoms with Crippen LogP contribution in [0.5, 0.6) is 0 Å². The zero-order chi connectivity index (χ0) is 21.6. The van der Waals surface area contributed by atoms with Gasteiger partial charge in [0.1, 0.15) is 10.8 Å². The van der Waals surface area contributed by atoms with Crippen LogP contribution in [-0.4, -0.2) is 60.5 Å². The van der Waals surface area contributed by atoms with Gasteiger partial charge in [-0.05, 0) is 49.2 Å². The molecule has 0 saturated carbocycles. The normalized spacial score (nSPS) is 18.2. The minimum Gasteiger partial charge on any atom is -0.444 e. The van der Waals surface area contributed by atoms with Crippen molar-refractivity contribution in [2.24, 2.45) is 0 Å². The predicted molar refractivity (Wildman–Crippen MR) is 116 cm³/mol. The van der Waals surface area contributed by atoms with E-state index in [1.165, 1.54) is 15.4 Å². The van der Waals surface area contributed by atoms with Crippen LogP contribution in [0.1, 0.15) is 27.2 Å². The van der Waals surface area contributed by atoms with Crippen LogP contribution in [0.25, 0.3) is 10.8 Å². The number of amides is 1. The van der Waals surface area contributed by atoms with E-state index < -0.39 is 21.7 Å². The van der Waals surface area contributed by atoms with Gasteiger partial charge in [-0.3, -0.25) is 0 Å². The fraction of sp³-hybridized carbons (Fsp3) is 0.474. The van der Waals surface area contributed by atoms with Crippen molar-refractivity contribution in [3.8, 4) is 0 Å². The van der Waals surface area contributed by atoms with E-state index in [0.29, 0.717) is 28.2 Å². The average Bonchev–Trinajstić information content (AvgIpc) is 3.13. The van der Waals surface area contributed by atoms with Gasteiger partial charge in [-0.15, -0.1) is 0 Å². The summed E-state index contributed by atoms with van der Waals surface area (Å²) in [6.45, 7) is 5.89. The molecule has 7 nitrogen and oxygen atoms in total. The van der Waals surface area contributed by atoms with Crippen molar-refractivity contribution < 1.29 is 17.9 Å². The van der Waals surface area contributed by atoms with Crippen LogP contribution in [-0.2, 0) is 14.8 Å². The van der Waals surface area contributed by atoms with Gasteiger partial charge in [-0.2, -0.15) is 4.31 Å². The van der Waals surface area contributed by atoms with Crippen molar-refractivity contribution in [3.63, 3.8) is 0 Å². The third-order valence-corrected chi connectivity index (χ3v) is 7.56. The molecule has 1 aromatic heterocycles. The van der Waals surface area contributed by atoms with Gasteiger partial charge in [0.25, 0.3) is 0 Å². The van der Waals surface area contributed by atoms with Crippen molar-refractivity contribution in [1.82, 2.24) is 14.2 Å². The Balaban J connectivity index is 1.88. The summed E-state index contributed by atoms with van der Waals surface area (Å²) in [6.07, 6.45) is 1.56. The third-order valence-electron chi connectivity index (χ3n) is 4.75. The van der Waals surface area contributed by atoms with Crippen LogP contribution in [0, 0.1) is 0 Å². The summed E-state index contributed by atoms with van der Waals surface area (Å²) in [5.41, 5.74) is -0.613. The standard InChI is InChI=1S/C19H23BrClN3O4S/c1-19(2,3)28-18(25)23(4)12-8-9-24(11-12)29(26,27)15-7-5-6-13-16(15)14(20)10-22-17(13)21/h5-7,10,12H,8-9,11H2,1-4H3/t12-/m0/s1. The van der Waals surface area contributed by atoms with Gasteiger partial charge in [-0.25, -0.2) is 18.2 Å².